The Morgan fingerprint density at radius 2 is 2.12 bits per heavy atom. The summed E-state index contributed by atoms with van der Waals surface area (Å²) in [6.07, 6.45) is 6.00. The van der Waals surface area contributed by atoms with Gasteiger partial charge in [-0.05, 0) is 44.6 Å². The average Bonchev–Trinajstić information content (AvgIpc) is 3.07. The van der Waals surface area contributed by atoms with Crippen LogP contribution >= 0.6 is 11.3 Å². The van der Waals surface area contributed by atoms with E-state index in [1.54, 1.807) is 23.7 Å². The molecule has 0 unspecified atom stereocenters. The van der Waals surface area contributed by atoms with Crippen LogP contribution in [0.3, 0.4) is 0 Å². The first-order valence-corrected chi connectivity index (χ1v) is 9.44. The highest BCUT2D eigenvalue weighted by Crippen LogP contribution is 2.22. The molecule has 0 radical (unpaired) electrons. The number of unbranched alkanes of at least 4 members (excludes halogenated alkanes) is 1. The van der Waals surface area contributed by atoms with E-state index in [1.807, 2.05) is 17.5 Å². The second-order valence-electron chi connectivity index (χ2n) is 5.65. The number of hydrogen-bond acceptors (Lipinski definition) is 5. The number of aromatic nitrogens is 2. The van der Waals surface area contributed by atoms with Crippen LogP contribution in [0.5, 0.6) is 0 Å². The van der Waals surface area contributed by atoms with Crippen LogP contribution < -0.4 is 5.32 Å². The van der Waals surface area contributed by atoms with Gasteiger partial charge in [0.05, 0.1) is 12.1 Å². The van der Waals surface area contributed by atoms with Gasteiger partial charge in [-0.1, -0.05) is 13.8 Å². The van der Waals surface area contributed by atoms with Gasteiger partial charge in [-0.25, -0.2) is 4.98 Å². The molecule has 0 aromatic carbocycles. The standard InChI is InChI=1S/C18H26N4OS/c1-3-22(4-2)11-6-5-10-20-17(23)12-16-14-24-18(21-16)15-8-7-9-19-13-15/h7-9,13-14H,3-6,10-12H2,1-2H3,(H,20,23). The van der Waals surface area contributed by atoms with Crippen LogP contribution in [-0.4, -0.2) is 47.0 Å². The van der Waals surface area contributed by atoms with E-state index in [-0.39, 0.29) is 5.91 Å². The van der Waals surface area contributed by atoms with Crippen molar-refractivity contribution in [3.05, 3.63) is 35.6 Å². The first-order chi connectivity index (χ1) is 11.7. The van der Waals surface area contributed by atoms with E-state index in [0.29, 0.717) is 6.42 Å². The smallest absolute Gasteiger partial charge is 0.226 e. The Morgan fingerprint density at radius 3 is 2.83 bits per heavy atom. The van der Waals surface area contributed by atoms with Crippen molar-refractivity contribution in [2.75, 3.05) is 26.2 Å². The molecule has 2 heterocycles. The number of hydrogen-bond donors (Lipinski definition) is 1. The van der Waals surface area contributed by atoms with Gasteiger partial charge < -0.3 is 10.2 Å². The summed E-state index contributed by atoms with van der Waals surface area (Å²) in [6.45, 7) is 8.37. The monoisotopic (exact) mass is 346 g/mol. The van der Waals surface area contributed by atoms with Gasteiger partial charge in [-0.15, -0.1) is 11.3 Å². The highest BCUT2D eigenvalue weighted by atomic mass is 32.1. The molecule has 0 aliphatic heterocycles. The number of carbonyl (C=O) groups excluding carboxylic acids is 1. The van der Waals surface area contributed by atoms with Crippen molar-refractivity contribution in [2.45, 2.75) is 33.1 Å². The van der Waals surface area contributed by atoms with Crippen LogP contribution in [0.15, 0.2) is 29.9 Å². The van der Waals surface area contributed by atoms with Crippen molar-refractivity contribution in [1.29, 1.82) is 0 Å². The van der Waals surface area contributed by atoms with E-state index in [9.17, 15) is 4.79 Å². The Kier molecular flexibility index (Phi) is 7.85. The summed E-state index contributed by atoms with van der Waals surface area (Å²) in [7, 11) is 0. The van der Waals surface area contributed by atoms with E-state index >= 15 is 0 Å². The molecule has 2 aromatic rings. The maximum absolute atomic E-state index is 12.0. The summed E-state index contributed by atoms with van der Waals surface area (Å²) < 4.78 is 0. The minimum atomic E-state index is 0.0425. The van der Waals surface area contributed by atoms with Crippen LogP contribution in [0.25, 0.3) is 10.6 Å². The molecule has 5 nitrogen and oxygen atoms in total. The number of nitrogens with zero attached hydrogens (tertiary/aromatic N) is 3. The lowest BCUT2D eigenvalue weighted by Crippen LogP contribution is -2.28. The number of nitrogens with one attached hydrogen (secondary N) is 1. The van der Waals surface area contributed by atoms with Gasteiger partial charge >= 0.3 is 0 Å². The summed E-state index contributed by atoms with van der Waals surface area (Å²) in [5, 5.41) is 5.84. The molecule has 1 amide bonds. The zero-order valence-corrected chi connectivity index (χ0v) is 15.3. The van der Waals surface area contributed by atoms with Crippen molar-refractivity contribution in [3.63, 3.8) is 0 Å². The van der Waals surface area contributed by atoms with Gasteiger partial charge in [-0.2, -0.15) is 0 Å². The number of thiazole rings is 1. The summed E-state index contributed by atoms with van der Waals surface area (Å²) in [5.74, 6) is 0.0425. The zero-order valence-electron chi connectivity index (χ0n) is 14.5. The lowest BCUT2D eigenvalue weighted by molar-refractivity contribution is -0.120. The van der Waals surface area contributed by atoms with Crippen LogP contribution in [0, 0.1) is 0 Å². The minimum absolute atomic E-state index is 0.0425. The molecule has 0 saturated carbocycles. The molecule has 0 atom stereocenters. The molecule has 130 valence electrons. The van der Waals surface area contributed by atoms with Gasteiger partial charge in [0.25, 0.3) is 0 Å². The maximum atomic E-state index is 12.0. The normalized spacial score (nSPS) is 11.0. The molecule has 24 heavy (non-hydrogen) atoms. The Bertz CT molecular complexity index is 610. The Balaban J connectivity index is 1.69. The van der Waals surface area contributed by atoms with E-state index in [1.165, 1.54) is 0 Å². The van der Waals surface area contributed by atoms with E-state index in [2.05, 4.69) is 34.0 Å². The Morgan fingerprint density at radius 1 is 1.29 bits per heavy atom. The van der Waals surface area contributed by atoms with Crippen LogP contribution in [0.2, 0.25) is 0 Å². The third-order valence-electron chi connectivity index (χ3n) is 3.92. The molecule has 0 spiro atoms. The van der Waals surface area contributed by atoms with Crippen LogP contribution in [0.1, 0.15) is 32.4 Å². The molecular formula is C18H26N4OS. The summed E-state index contributed by atoms with van der Waals surface area (Å²) in [6, 6.07) is 3.87. The van der Waals surface area contributed by atoms with E-state index < -0.39 is 0 Å². The first-order valence-electron chi connectivity index (χ1n) is 8.56. The third kappa shape index (κ3) is 6.02. The molecular weight excluding hydrogens is 320 g/mol. The average molecular weight is 347 g/mol. The molecule has 1 N–H and O–H groups in total. The second kappa shape index (κ2) is 10.2. The van der Waals surface area contributed by atoms with Crippen LogP contribution in [0.4, 0.5) is 0 Å². The second-order valence-corrected chi connectivity index (χ2v) is 6.50. The number of pyridine rings is 1. The van der Waals surface area contributed by atoms with Gasteiger partial charge in [0, 0.05) is 29.9 Å². The van der Waals surface area contributed by atoms with E-state index in [4.69, 9.17) is 0 Å². The van der Waals surface area contributed by atoms with Crippen molar-refractivity contribution in [1.82, 2.24) is 20.2 Å². The SMILES string of the molecule is CCN(CC)CCCCNC(=O)Cc1csc(-c2cccnc2)n1. The zero-order chi connectivity index (χ0) is 17.2. The summed E-state index contributed by atoms with van der Waals surface area (Å²) >= 11 is 1.55. The fraction of sp³-hybridized carbons (Fsp3) is 0.500. The number of carbonyl (C=O) groups is 1. The molecule has 2 aromatic heterocycles. The van der Waals surface area contributed by atoms with Gasteiger partial charge in [0.1, 0.15) is 5.01 Å². The summed E-state index contributed by atoms with van der Waals surface area (Å²) in [4.78, 5) is 23.0. The molecule has 0 aliphatic carbocycles. The van der Waals surface area contributed by atoms with Crippen molar-refractivity contribution in [2.24, 2.45) is 0 Å². The molecule has 0 fully saturated rings. The first kappa shape index (κ1) is 18.5. The van der Waals surface area contributed by atoms with Crippen molar-refractivity contribution in [3.8, 4) is 10.6 Å². The number of amides is 1. The Labute approximate surface area is 148 Å². The Hall–Kier alpha value is -1.79. The lowest BCUT2D eigenvalue weighted by atomic mass is 10.2. The minimum Gasteiger partial charge on any atom is -0.356 e. The fourth-order valence-corrected chi connectivity index (χ4v) is 3.28. The predicted molar refractivity (Wildman–Crippen MR) is 99.1 cm³/mol. The number of rotatable bonds is 10. The highest BCUT2D eigenvalue weighted by Gasteiger charge is 2.09. The quantitative estimate of drug-likeness (QED) is 0.672. The van der Waals surface area contributed by atoms with Crippen molar-refractivity contribution < 1.29 is 4.79 Å². The molecule has 6 heteroatoms. The maximum Gasteiger partial charge on any atom is 0.226 e. The van der Waals surface area contributed by atoms with Gasteiger partial charge in [0.2, 0.25) is 5.91 Å². The lowest BCUT2D eigenvalue weighted by Gasteiger charge is -2.17. The third-order valence-corrected chi connectivity index (χ3v) is 4.86. The van der Waals surface area contributed by atoms with Crippen molar-refractivity contribution >= 4 is 17.2 Å². The highest BCUT2D eigenvalue weighted by molar-refractivity contribution is 7.13. The molecule has 0 bridgehead atoms. The van der Waals surface area contributed by atoms with Gasteiger partial charge in [-0.3, -0.25) is 9.78 Å². The molecule has 0 aliphatic rings. The largest absolute Gasteiger partial charge is 0.356 e. The van der Waals surface area contributed by atoms with Gasteiger partial charge in [0.15, 0.2) is 0 Å². The summed E-state index contributed by atoms with van der Waals surface area (Å²) in [5.41, 5.74) is 1.81. The molecule has 0 saturated heterocycles. The molecule has 2 rings (SSSR count). The fourth-order valence-electron chi connectivity index (χ4n) is 2.47. The topological polar surface area (TPSA) is 58.1 Å². The predicted octanol–water partition coefficient (Wildman–Crippen LogP) is 2.99. The van der Waals surface area contributed by atoms with E-state index in [0.717, 1.165) is 55.3 Å². The van der Waals surface area contributed by atoms with Crippen LogP contribution in [-0.2, 0) is 11.2 Å².